The van der Waals surface area contributed by atoms with Gasteiger partial charge < -0.3 is 10.8 Å². The maximum absolute atomic E-state index is 12.8. The number of rotatable bonds is 11. The number of nitrogens with one attached hydrogen (secondary N) is 1. The quantitative estimate of drug-likeness (QED) is 0.217. The standard InChI is InChI=1S/C27H32N6O6S2/c1-18-5-8-21(9-6-18)41(37,38)39-12-11-33-16-20(14-30-33)25-26(28)29-15-24(32-25)23-13-22(10-7-19(23)2)40(35,36)31-17-27(3,4)34/h5-10,13-16,31,34H,11-12,17H2,1-4H3,(H2,28,29). The van der Waals surface area contributed by atoms with Gasteiger partial charge in [0.05, 0.1) is 46.6 Å². The number of benzene rings is 2. The van der Waals surface area contributed by atoms with E-state index in [9.17, 15) is 21.9 Å². The molecule has 2 heterocycles. The molecule has 14 heteroatoms. The van der Waals surface area contributed by atoms with Gasteiger partial charge >= 0.3 is 0 Å². The minimum absolute atomic E-state index is 0.0101. The third-order valence-electron chi connectivity index (χ3n) is 6.07. The van der Waals surface area contributed by atoms with Crippen LogP contribution < -0.4 is 10.5 Å². The van der Waals surface area contributed by atoms with E-state index in [4.69, 9.17) is 9.92 Å². The van der Waals surface area contributed by atoms with Gasteiger partial charge in [-0.25, -0.2) is 23.1 Å². The molecule has 4 rings (SSSR count). The Hall–Kier alpha value is -3.69. The van der Waals surface area contributed by atoms with Crippen molar-refractivity contribution in [2.75, 3.05) is 18.9 Å². The van der Waals surface area contributed by atoms with E-state index in [1.165, 1.54) is 55.2 Å². The Kier molecular flexibility index (Phi) is 8.61. The van der Waals surface area contributed by atoms with Crippen molar-refractivity contribution in [1.82, 2.24) is 24.5 Å². The zero-order chi connectivity index (χ0) is 30.0. The maximum Gasteiger partial charge on any atom is 0.297 e. The highest BCUT2D eigenvalue weighted by Crippen LogP contribution is 2.29. The number of nitrogens with two attached hydrogens (primary N) is 1. The summed E-state index contributed by atoms with van der Waals surface area (Å²) in [7, 11) is -7.81. The third-order valence-corrected chi connectivity index (χ3v) is 8.79. The van der Waals surface area contributed by atoms with Crippen molar-refractivity contribution in [1.29, 1.82) is 0 Å². The number of hydrogen-bond donors (Lipinski definition) is 3. The average Bonchev–Trinajstić information content (AvgIpc) is 3.36. The van der Waals surface area contributed by atoms with E-state index in [0.717, 1.165) is 11.1 Å². The molecule has 0 saturated carbocycles. The molecule has 0 bridgehead atoms. The number of aliphatic hydroxyl groups is 1. The summed E-state index contributed by atoms with van der Waals surface area (Å²) in [6.07, 6.45) is 4.61. The van der Waals surface area contributed by atoms with Gasteiger partial charge in [0, 0.05) is 23.9 Å². The third kappa shape index (κ3) is 7.54. The fourth-order valence-electron chi connectivity index (χ4n) is 3.76. The number of aryl methyl sites for hydroxylation is 2. The molecule has 4 N–H and O–H groups in total. The van der Waals surface area contributed by atoms with Crippen molar-refractivity contribution in [2.45, 2.75) is 49.6 Å². The van der Waals surface area contributed by atoms with Gasteiger partial charge in [0.1, 0.15) is 11.5 Å². The highest BCUT2D eigenvalue weighted by molar-refractivity contribution is 7.89. The van der Waals surface area contributed by atoms with Crippen LogP contribution in [0.3, 0.4) is 0 Å². The van der Waals surface area contributed by atoms with Crippen LogP contribution >= 0.6 is 0 Å². The Morgan fingerprint density at radius 2 is 1.71 bits per heavy atom. The van der Waals surface area contributed by atoms with Gasteiger partial charge in [-0.3, -0.25) is 8.86 Å². The summed E-state index contributed by atoms with van der Waals surface area (Å²) >= 11 is 0. The SMILES string of the molecule is Cc1ccc(S(=O)(=O)OCCn2cc(-c3nc(-c4cc(S(=O)(=O)NCC(C)(C)O)ccc4C)cnc3N)cn2)cc1. The topological polar surface area (TPSA) is 179 Å². The van der Waals surface area contributed by atoms with Crippen molar-refractivity contribution in [3.05, 3.63) is 72.2 Å². The summed E-state index contributed by atoms with van der Waals surface area (Å²) in [6, 6.07) is 11.0. The molecule has 0 radical (unpaired) electrons. The summed E-state index contributed by atoms with van der Waals surface area (Å²) in [4.78, 5) is 8.97. The van der Waals surface area contributed by atoms with Gasteiger partial charge in [-0.1, -0.05) is 23.8 Å². The molecule has 0 aliphatic rings. The second-order valence-electron chi connectivity index (χ2n) is 10.2. The molecule has 4 aromatic rings. The molecular formula is C27H32N6O6S2. The van der Waals surface area contributed by atoms with Crippen LogP contribution in [0.2, 0.25) is 0 Å². The first kappa shape index (κ1) is 30.3. The van der Waals surface area contributed by atoms with Crippen LogP contribution in [0.5, 0.6) is 0 Å². The Bertz CT molecular complexity index is 1760. The van der Waals surface area contributed by atoms with E-state index in [2.05, 4.69) is 19.8 Å². The van der Waals surface area contributed by atoms with Crippen LogP contribution in [-0.4, -0.2) is 60.4 Å². The first-order valence-electron chi connectivity index (χ1n) is 12.6. The van der Waals surface area contributed by atoms with Crippen LogP contribution in [0, 0.1) is 13.8 Å². The van der Waals surface area contributed by atoms with Crippen molar-refractivity contribution in [2.24, 2.45) is 0 Å². The zero-order valence-electron chi connectivity index (χ0n) is 23.1. The smallest absolute Gasteiger partial charge is 0.297 e. The summed E-state index contributed by atoms with van der Waals surface area (Å²) in [5.74, 6) is 0.139. The lowest BCUT2D eigenvalue weighted by atomic mass is 10.1. The number of aromatic nitrogens is 4. The lowest BCUT2D eigenvalue weighted by molar-refractivity contribution is 0.0857. The molecule has 0 atom stereocenters. The number of nitrogens with zero attached hydrogens (tertiary/aromatic N) is 4. The predicted molar refractivity (Wildman–Crippen MR) is 154 cm³/mol. The molecule has 0 fully saturated rings. The fraction of sp³-hybridized carbons (Fsp3) is 0.296. The largest absolute Gasteiger partial charge is 0.389 e. The molecular weight excluding hydrogens is 568 g/mol. The summed E-state index contributed by atoms with van der Waals surface area (Å²) in [5.41, 5.74) is 8.39. The Morgan fingerprint density at radius 3 is 2.39 bits per heavy atom. The van der Waals surface area contributed by atoms with E-state index in [1.807, 2.05) is 13.8 Å². The molecule has 12 nitrogen and oxygen atoms in total. The van der Waals surface area contributed by atoms with Gasteiger partial charge in [-0.15, -0.1) is 0 Å². The molecule has 0 saturated heterocycles. The second kappa shape index (κ2) is 11.7. The Balaban J connectivity index is 1.53. The van der Waals surface area contributed by atoms with Gasteiger partial charge in [0.2, 0.25) is 10.0 Å². The number of anilines is 1. The molecule has 2 aromatic carbocycles. The van der Waals surface area contributed by atoms with Crippen LogP contribution in [0.15, 0.2) is 70.8 Å². The highest BCUT2D eigenvalue weighted by Gasteiger charge is 2.22. The van der Waals surface area contributed by atoms with Crippen molar-refractivity contribution in [3.63, 3.8) is 0 Å². The van der Waals surface area contributed by atoms with Gasteiger partial charge in [0.25, 0.3) is 10.1 Å². The maximum atomic E-state index is 12.8. The highest BCUT2D eigenvalue weighted by atomic mass is 32.2. The van der Waals surface area contributed by atoms with Crippen LogP contribution in [0.4, 0.5) is 5.82 Å². The molecule has 41 heavy (non-hydrogen) atoms. The summed E-state index contributed by atoms with van der Waals surface area (Å²) in [5, 5.41) is 14.2. The number of hydrogen-bond acceptors (Lipinski definition) is 10. The second-order valence-corrected chi connectivity index (χ2v) is 13.6. The van der Waals surface area contributed by atoms with Crippen molar-refractivity contribution >= 4 is 26.0 Å². The Morgan fingerprint density at radius 1 is 1.02 bits per heavy atom. The average molecular weight is 601 g/mol. The van der Waals surface area contributed by atoms with Crippen molar-refractivity contribution in [3.8, 4) is 22.5 Å². The summed E-state index contributed by atoms with van der Waals surface area (Å²) < 4.78 is 59.6. The van der Waals surface area contributed by atoms with Crippen molar-refractivity contribution < 1.29 is 26.1 Å². The van der Waals surface area contributed by atoms with E-state index < -0.39 is 25.7 Å². The van der Waals surface area contributed by atoms with Gasteiger partial charge in [0.15, 0.2) is 0 Å². The minimum atomic E-state index is -3.91. The number of sulfonamides is 1. The predicted octanol–water partition coefficient (Wildman–Crippen LogP) is 2.66. The first-order valence-corrected chi connectivity index (χ1v) is 15.5. The molecule has 218 valence electrons. The molecule has 2 aromatic heterocycles. The monoisotopic (exact) mass is 600 g/mol. The van der Waals surface area contributed by atoms with Crippen LogP contribution in [0.25, 0.3) is 22.5 Å². The van der Waals surface area contributed by atoms with Crippen LogP contribution in [0.1, 0.15) is 25.0 Å². The molecule has 0 amide bonds. The lowest BCUT2D eigenvalue weighted by Gasteiger charge is -2.18. The molecule has 0 spiro atoms. The minimum Gasteiger partial charge on any atom is -0.389 e. The zero-order valence-corrected chi connectivity index (χ0v) is 24.7. The van der Waals surface area contributed by atoms with E-state index in [-0.39, 0.29) is 35.3 Å². The molecule has 0 aliphatic carbocycles. The van der Waals surface area contributed by atoms with Gasteiger partial charge in [-0.05, 0) is 57.5 Å². The Labute approximate surface area is 239 Å². The van der Waals surface area contributed by atoms with E-state index in [0.29, 0.717) is 22.5 Å². The first-order chi connectivity index (χ1) is 19.1. The number of nitrogen functional groups attached to an aromatic ring is 1. The van der Waals surface area contributed by atoms with E-state index >= 15 is 0 Å². The van der Waals surface area contributed by atoms with Gasteiger partial charge in [-0.2, -0.15) is 13.5 Å². The summed E-state index contributed by atoms with van der Waals surface area (Å²) in [6.45, 7) is 6.54. The van der Waals surface area contributed by atoms with E-state index in [1.54, 1.807) is 24.4 Å². The molecule has 0 aliphatic heterocycles. The normalized spacial score (nSPS) is 12.5. The fourth-order valence-corrected chi connectivity index (χ4v) is 5.89. The lowest BCUT2D eigenvalue weighted by Crippen LogP contribution is -2.38. The van der Waals surface area contributed by atoms with Crippen LogP contribution in [-0.2, 0) is 30.9 Å². The molecule has 0 unspecified atom stereocenters.